The molecule has 4 heteroatoms. The second-order valence-corrected chi connectivity index (χ2v) is 3.67. The lowest BCUT2D eigenvalue weighted by molar-refractivity contribution is -0.137. The molecule has 0 spiro atoms. The van der Waals surface area contributed by atoms with Crippen LogP contribution in [-0.2, 0) is 4.79 Å². The van der Waals surface area contributed by atoms with Crippen LogP contribution in [0.2, 0.25) is 0 Å². The van der Waals surface area contributed by atoms with Crippen LogP contribution >= 0.6 is 0 Å². The third kappa shape index (κ3) is 4.01. The van der Waals surface area contributed by atoms with Gasteiger partial charge in [-0.15, -0.1) is 0 Å². The minimum absolute atomic E-state index is 0.101. The Labute approximate surface area is 94.5 Å². The fraction of sp³-hybridized carbons (Fsp3) is 0.333. The molecule has 84 valence electrons. The summed E-state index contributed by atoms with van der Waals surface area (Å²) in [5, 5.41) is 20.3. The van der Waals surface area contributed by atoms with Crippen molar-refractivity contribution < 1.29 is 9.90 Å². The summed E-state index contributed by atoms with van der Waals surface area (Å²) in [6.07, 6.45) is 0.736. The molecule has 0 heterocycles. The molecular formula is C12H14N2O2. The lowest BCUT2D eigenvalue weighted by atomic mass is 10.1. The molecule has 0 amide bonds. The lowest BCUT2D eigenvalue weighted by Crippen LogP contribution is -2.16. The molecule has 0 aliphatic rings. The first-order valence-electron chi connectivity index (χ1n) is 5.10. The average Bonchev–Trinajstić information content (AvgIpc) is 2.27. The third-order valence-electron chi connectivity index (χ3n) is 2.22. The van der Waals surface area contributed by atoms with Crippen molar-refractivity contribution in [2.45, 2.75) is 25.8 Å². The predicted octanol–water partition coefficient (Wildman–Crippen LogP) is 2.22. The van der Waals surface area contributed by atoms with Crippen LogP contribution in [0.3, 0.4) is 0 Å². The normalized spacial score (nSPS) is 11.5. The zero-order valence-electron chi connectivity index (χ0n) is 9.10. The van der Waals surface area contributed by atoms with Gasteiger partial charge in [-0.2, -0.15) is 5.26 Å². The summed E-state index contributed by atoms with van der Waals surface area (Å²) in [7, 11) is 0. The summed E-state index contributed by atoms with van der Waals surface area (Å²) in [5.74, 6) is -0.784. The summed E-state index contributed by atoms with van der Waals surface area (Å²) >= 11 is 0. The summed E-state index contributed by atoms with van der Waals surface area (Å²) in [4.78, 5) is 10.4. The highest BCUT2D eigenvalue weighted by molar-refractivity contribution is 5.66. The molecule has 0 aromatic heterocycles. The van der Waals surface area contributed by atoms with Crippen LogP contribution in [0.25, 0.3) is 0 Å². The number of hydrogen-bond acceptors (Lipinski definition) is 3. The van der Waals surface area contributed by atoms with Gasteiger partial charge in [-0.05, 0) is 37.6 Å². The number of nitrogens with one attached hydrogen (secondary N) is 1. The van der Waals surface area contributed by atoms with Gasteiger partial charge < -0.3 is 10.4 Å². The largest absolute Gasteiger partial charge is 0.481 e. The monoisotopic (exact) mass is 218 g/mol. The fourth-order valence-corrected chi connectivity index (χ4v) is 1.34. The Morgan fingerprint density at radius 2 is 2.12 bits per heavy atom. The maximum Gasteiger partial charge on any atom is 0.303 e. The van der Waals surface area contributed by atoms with Gasteiger partial charge in [0.2, 0.25) is 0 Å². The van der Waals surface area contributed by atoms with E-state index >= 15 is 0 Å². The van der Waals surface area contributed by atoms with Gasteiger partial charge >= 0.3 is 5.97 Å². The van der Waals surface area contributed by atoms with Gasteiger partial charge in [-0.25, -0.2) is 0 Å². The summed E-state index contributed by atoms with van der Waals surface area (Å²) in [6.45, 7) is 1.93. The minimum atomic E-state index is -0.784. The molecule has 0 fully saturated rings. The molecular weight excluding hydrogens is 204 g/mol. The Bertz CT molecular complexity index is 392. The number of aliphatic carboxylic acids is 1. The SMILES string of the molecule is CC(CCC(=O)O)Nc1ccc(C#N)cc1. The smallest absolute Gasteiger partial charge is 0.303 e. The summed E-state index contributed by atoms with van der Waals surface area (Å²) < 4.78 is 0. The Kier molecular flexibility index (Phi) is 4.34. The lowest BCUT2D eigenvalue weighted by Gasteiger charge is -2.13. The highest BCUT2D eigenvalue weighted by Crippen LogP contribution is 2.11. The van der Waals surface area contributed by atoms with Crippen molar-refractivity contribution >= 4 is 11.7 Å². The predicted molar refractivity (Wildman–Crippen MR) is 61.1 cm³/mol. The number of nitrogens with zero attached hydrogens (tertiary/aromatic N) is 1. The first-order chi connectivity index (χ1) is 7.61. The number of carbonyl (C=O) groups is 1. The van der Waals surface area contributed by atoms with Gasteiger partial charge in [0, 0.05) is 18.2 Å². The van der Waals surface area contributed by atoms with Gasteiger partial charge in [0.1, 0.15) is 0 Å². The molecule has 1 unspecified atom stereocenters. The summed E-state index contributed by atoms with van der Waals surface area (Å²) in [5.41, 5.74) is 1.51. The number of carboxylic acid groups (broad SMARTS) is 1. The molecule has 1 atom stereocenters. The Morgan fingerprint density at radius 3 is 2.62 bits per heavy atom. The minimum Gasteiger partial charge on any atom is -0.481 e. The quantitative estimate of drug-likeness (QED) is 0.794. The van der Waals surface area contributed by atoms with E-state index in [-0.39, 0.29) is 12.5 Å². The van der Waals surface area contributed by atoms with Crippen LogP contribution in [0.5, 0.6) is 0 Å². The van der Waals surface area contributed by atoms with Gasteiger partial charge in [0.25, 0.3) is 0 Å². The van der Waals surface area contributed by atoms with Gasteiger partial charge in [0.05, 0.1) is 11.6 Å². The van der Waals surface area contributed by atoms with E-state index in [1.165, 1.54) is 0 Å². The van der Waals surface area contributed by atoms with Gasteiger partial charge in [-0.3, -0.25) is 4.79 Å². The van der Waals surface area contributed by atoms with Crippen molar-refractivity contribution in [2.75, 3.05) is 5.32 Å². The van der Waals surface area contributed by atoms with Crippen LogP contribution in [0, 0.1) is 11.3 Å². The molecule has 0 bridgehead atoms. The highest BCUT2D eigenvalue weighted by atomic mass is 16.4. The van der Waals surface area contributed by atoms with Crippen molar-refractivity contribution in [3.05, 3.63) is 29.8 Å². The van der Waals surface area contributed by atoms with Crippen molar-refractivity contribution in [1.82, 2.24) is 0 Å². The maximum atomic E-state index is 10.4. The second-order valence-electron chi connectivity index (χ2n) is 3.67. The van der Waals surface area contributed by atoms with Crippen molar-refractivity contribution in [3.63, 3.8) is 0 Å². The van der Waals surface area contributed by atoms with Crippen LogP contribution in [0.4, 0.5) is 5.69 Å². The first kappa shape index (κ1) is 12.1. The molecule has 0 saturated heterocycles. The van der Waals surface area contributed by atoms with E-state index in [0.29, 0.717) is 12.0 Å². The van der Waals surface area contributed by atoms with Crippen molar-refractivity contribution in [2.24, 2.45) is 0 Å². The standard InChI is InChI=1S/C12H14N2O2/c1-9(2-7-12(15)16)14-11-5-3-10(8-13)4-6-11/h3-6,9,14H,2,7H2,1H3,(H,15,16). The number of anilines is 1. The van der Waals surface area contributed by atoms with E-state index < -0.39 is 5.97 Å². The maximum absolute atomic E-state index is 10.4. The molecule has 4 nitrogen and oxygen atoms in total. The van der Waals surface area contributed by atoms with Crippen LogP contribution in [0.1, 0.15) is 25.3 Å². The zero-order chi connectivity index (χ0) is 12.0. The molecule has 1 aromatic rings. The molecule has 0 saturated carbocycles. The van der Waals surface area contributed by atoms with Crippen LogP contribution in [0.15, 0.2) is 24.3 Å². The number of nitriles is 1. The topological polar surface area (TPSA) is 73.1 Å². The molecule has 16 heavy (non-hydrogen) atoms. The Balaban J connectivity index is 2.47. The Morgan fingerprint density at radius 1 is 1.50 bits per heavy atom. The third-order valence-corrected chi connectivity index (χ3v) is 2.22. The molecule has 1 aromatic carbocycles. The van der Waals surface area contributed by atoms with E-state index in [9.17, 15) is 4.79 Å². The van der Waals surface area contributed by atoms with E-state index in [0.717, 1.165) is 5.69 Å². The summed E-state index contributed by atoms with van der Waals surface area (Å²) in [6, 6.07) is 9.23. The Hall–Kier alpha value is -2.02. The number of hydrogen-bond donors (Lipinski definition) is 2. The highest BCUT2D eigenvalue weighted by Gasteiger charge is 2.05. The van der Waals surface area contributed by atoms with Gasteiger partial charge in [-0.1, -0.05) is 0 Å². The van der Waals surface area contributed by atoms with Crippen molar-refractivity contribution in [3.8, 4) is 6.07 Å². The zero-order valence-corrected chi connectivity index (χ0v) is 9.10. The molecule has 0 radical (unpaired) electrons. The van der Waals surface area contributed by atoms with E-state index in [1.807, 2.05) is 25.1 Å². The van der Waals surface area contributed by atoms with Gasteiger partial charge in [0.15, 0.2) is 0 Å². The fourth-order valence-electron chi connectivity index (χ4n) is 1.34. The number of rotatable bonds is 5. The van der Waals surface area contributed by atoms with E-state index in [2.05, 4.69) is 5.32 Å². The second kappa shape index (κ2) is 5.76. The molecule has 2 N–H and O–H groups in total. The molecule has 1 rings (SSSR count). The molecule has 0 aliphatic carbocycles. The first-order valence-corrected chi connectivity index (χ1v) is 5.10. The van der Waals surface area contributed by atoms with Crippen molar-refractivity contribution in [1.29, 1.82) is 5.26 Å². The average molecular weight is 218 g/mol. The number of benzene rings is 1. The van der Waals surface area contributed by atoms with Crippen LogP contribution in [-0.4, -0.2) is 17.1 Å². The number of carboxylic acids is 1. The van der Waals surface area contributed by atoms with Crippen LogP contribution < -0.4 is 5.32 Å². The van der Waals surface area contributed by atoms with E-state index in [1.54, 1.807) is 12.1 Å². The molecule has 0 aliphatic heterocycles. The van der Waals surface area contributed by atoms with E-state index in [4.69, 9.17) is 10.4 Å².